The number of benzene rings is 1. The first-order valence-corrected chi connectivity index (χ1v) is 7.68. The molecule has 3 nitrogen and oxygen atoms in total. The van der Waals surface area contributed by atoms with Crippen molar-refractivity contribution in [3.63, 3.8) is 0 Å². The molecule has 0 spiro atoms. The molecule has 0 amide bonds. The minimum absolute atomic E-state index is 0.0262. The Bertz CT molecular complexity index is 594. The van der Waals surface area contributed by atoms with E-state index in [2.05, 4.69) is 54.1 Å². The van der Waals surface area contributed by atoms with Gasteiger partial charge in [0.15, 0.2) is 0 Å². The number of rotatable bonds is 3. The van der Waals surface area contributed by atoms with E-state index in [4.69, 9.17) is 5.73 Å². The summed E-state index contributed by atoms with van der Waals surface area (Å²) in [7, 11) is 0. The van der Waals surface area contributed by atoms with Crippen LogP contribution in [0, 0.1) is 5.92 Å². The SMILES string of the molecule is CC1Cc2ccccc2N(C(c2ccccn2)C(C)N)C1. The fourth-order valence-electron chi connectivity index (χ4n) is 3.36. The molecule has 0 saturated heterocycles. The molecule has 3 atom stereocenters. The van der Waals surface area contributed by atoms with Crippen LogP contribution in [0.3, 0.4) is 0 Å². The summed E-state index contributed by atoms with van der Waals surface area (Å²) in [6.45, 7) is 5.40. The van der Waals surface area contributed by atoms with Crippen molar-refractivity contribution in [3.05, 3.63) is 59.9 Å². The van der Waals surface area contributed by atoms with Gasteiger partial charge in [0.1, 0.15) is 0 Å². The third-order valence-electron chi connectivity index (χ3n) is 4.20. The van der Waals surface area contributed by atoms with Crippen molar-refractivity contribution in [1.82, 2.24) is 4.98 Å². The predicted molar refractivity (Wildman–Crippen MR) is 87.3 cm³/mol. The molecule has 0 saturated carbocycles. The van der Waals surface area contributed by atoms with E-state index in [1.807, 2.05) is 18.3 Å². The Balaban J connectivity index is 2.04. The van der Waals surface area contributed by atoms with Crippen LogP contribution in [0.2, 0.25) is 0 Å². The molecule has 0 bridgehead atoms. The first-order chi connectivity index (χ1) is 10.2. The van der Waals surface area contributed by atoms with Crippen molar-refractivity contribution in [2.45, 2.75) is 32.4 Å². The van der Waals surface area contributed by atoms with Gasteiger partial charge in [-0.15, -0.1) is 0 Å². The maximum Gasteiger partial charge on any atom is 0.0861 e. The Kier molecular flexibility index (Phi) is 3.93. The summed E-state index contributed by atoms with van der Waals surface area (Å²) in [5.41, 5.74) is 10.1. The van der Waals surface area contributed by atoms with Crippen molar-refractivity contribution < 1.29 is 0 Å². The highest BCUT2D eigenvalue weighted by molar-refractivity contribution is 5.57. The molecule has 1 aliphatic rings. The maximum absolute atomic E-state index is 6.32. The molecule has 1 aromatic carbocycles. The lowest BCUT2D eigenvalue weighted by Crippen LogP contribution is -2.44. The van der Waals surface area contributed by atoms with Crippen LogP contribution in [0.1, 0.15) is 31.1 Å². The van der Waals surface area contributed by atoms with E-state index in [9.17, 15) is 0 Å². The second-order valence-electron chi connectivity index (χ2n) is 6.15. The number of nitrogens with zero attached hydrogens (tertiary/aromatic N) is 2. The third-order valence-corrected chi connectivity index (χ3v) is 4.20. The van der Waals surface area contributed by atoms with Crippen LogP contribution in [0.25, 0.3) is 0 Å². The summed E-state index contributed by atoms with van der Waals surface area (Å²) in [5, 5.41) is 0. The molecule has 3 rings (SSSR count). The summed E-state index contributed by atoms with van der Waals surface area (Å²) in [4.78, 5) is 6.99. The van der Waals surface area contributed by atoms with Gasteiger partial charge in [0.05, 0.1) is 11.7 Å². The van der Waals surface area contributed by atoms with Gasteiger partial charge in [-0.05, 0) is 43.0 Å². The quantitative estimate of drug-likeness (QED) is 0.939. The first kappa shape index (κ1) is 14.1. The average molecular weight is 281 g/mol. The Morgan fingerprint density at radius 3 is 2.67 bits per heavy atom. The highest BCUT2D eigenvalue weighted by Gasteiger charge is 2.31. The zero-order valence-electron chi connectivity index (χ0n) is 12.7. The molecule has 2 heterocycles. The summed E-state index contributed by atoms with van der Waals surface area (Å²) in [6.07, 6.45) is 2.99. The minimum Gasteiger partial charge on any atom is -0.361 e. The molecule has 2 aromatic rings. The summed E-state index contributed by atoms with van der Waals surface area (Å²) in [6, 6.07) is 14.9. The normalized spacial score (nSPS) is 20.7. The fourth-order valence-corrected chi connectivity index (χ4v) is 3.36. The number of fused-ring (bicyclic) bond motifs is 1. The minimum atomic E-state index is 0.0262. The van der Waals surface area contributed by atoms with Crippen LogP contribution < -0.4 is 10.6 Å². The molecule has 0 fully saturated rings. The van der Waals surface area contributed by atoms with Crippen molar-refractivity contribution in [2.24, 2.45) is 11.7 Å². The molecule has 0 radical (unpaired) electrons. The van der Waals surface area contributed by atoms with Gasteiger partial charge in [-0.25, -0.2) is 0 Å². The molecule has 3 heteroatoms. The van der Waals surface area contributed by atoms with Gasteiger partial charge in [-0.3, -0.25) is 4.98 Å². The van der Waals surface area contributed by atoms with Gasteiger partial charge >= 0.3 is 0 Å². The predicted octanol–water partition coefficient (Wildman–Crippen LogP) is 3.17. The lowest BCUT2D eigenvalue weighted by Gasteiger charge is -2.41. The van der Waals surface area contributed by atoms with Crippen LogP contribution in [-0.2, 0) is 6.42 Å². The lowest BCUT2D eigenvalue weighted by molar-refractivity contribution is 0.448. The number of hydrogen-bond acceptors (Lipinski definition) is 3. The van der Waals surface area contributed by atoms with Crippen molar-refractivity contribution >= 4 is 5.69 Å². The molecule has 1 aliphatic heterocycles. The second kappa shape index (κ2) is 5.86. The van der Waals surface area contributed by atoms with Crippen molar-refractivity contribution in [3.8, 4) is 0 Å². The fraction of sp³-hybridized carbons (Fsp3) is 0.389. The summed E-state index contributed by atoms with van der Waals surface area (Å²) < 4.78 is 0. The molecule has 21 heavy (non-hydrogen) atoms. The first-order valence-electron chi connectivity index (χ1n) is 7.68. The highest BCUT2D eigenvalue weighted by atomic mass is 15.2. The zero-order valence-corrected chi connectivity index (χ0v) is 12.7. The molecule has 0 aliphatic carbocycles. The van der Waals surface area contributed by atoms with Gasteiger partial charge in [0, 0.05) is 24.5 Å². The summed E-state index contributed by atoms with van der Waals surface area (Å²) in [5.74, 6) is 0.630. The Morgan fingerprint density at radius 2 is 1.95 bits per heavy atom. The Hall–Kier alpha value is -1.87. The molecule has 110 valence electrons. The number of hydrogen-bond donors (Lipinski definition) is 1. The molecular weight excluding hydrogens is 258 g/mol. The number of para-hydroxylation sites is 1. The van der Waals surface area contributed by atoms with Crippen molar-refractivity contribution in [2.75, 3.05) is 11.4 Å². The van der Waals surface area contributed by atoms with Gasteiger partial charge in [0.25, 0.3) is 0 Å². The molecular formula is C18H23N3. The van der Waals surface area contributed by atoms with E-state index in [-0.39, 0.29) is 12.1 Å². The topological polar surface area (TPSA) is 42.2 Å². The van der Waals surface area contributed by atoms with Crippen LogP contribution in [0.4, 0.5) is 5.69 Å². The summed E-state index contributed by atoms with van der Waals surface area (Å²) >= 11 is 0. The van der Waals surface area contributed by atoms with E-state index in [1.54, 1.807) is 0 Å². The van der Waals surface area contributed by atoms with Gasteiger partial charge in [-0.2, -0.15) is 0 Å². The van der Waals surface area contributed by atoms with E-state index in [0.717, 1.165) is 18.7 Å². The van der Waals surface area contributed by atoms with Gasteiger partial charge in [0.2, 0.25) is 0 Å². The molecule has 1 aromatic heterocycles. The smallest absolute Gasteiger partial charge is 0.0861 e. The van der Waals surface area contributed by atoms with Crippen molar-refractivity contribution in [1.29, 1.82) is 0 Å². The van der Waals surface area contributed by atoms with Crippen LogP contribution in [0.5, 0.6) is 0 Å². The van der Waals surface area contributed by atoms with Crippen LogP contribution in [0.15, 0.2) is 48.7 Å². The Labute approximate surface area is 126 Å². The number of anilines is 1. The number of aromatic nitrogens is 1. The monoisotopic (exact) mass is 281 g/mol. The molecule has 3 unspecified atom stereocenters. The molecule has 2 N–H and O–H groups in total. The van der Waals surface area contributed by atoms with E-state index in [1.165, 1.54) is 11.3 Å². The number of nitrogens with two attached hydrogens (primary N) is 1. The van der Waals surface area contributed by atoms with Crippen LogP contribution in [-0.4, -0.2) is 17.6 Å². The largest absolute Gasteiger partial charge is 0.361 e. The second-order valence-corrected chi connectivity index (χ2v) is 6.15. The number of pyridine rings is 1. The van der Waals surface area contributed by atoms with E-state index < -0.39 is 0 Å². The van der Waals surface area contributed by atoms with E-state index in [0.29, 0.717) is 5.92 Å². The third kappa shape index (κ3) is 2.79. The van der Waals surface area contributed by atoms with Crippen LogP contribution >= 0.6 is 0 Å². The highest BCUT2D eigenvalue weighted by Crippen LogP contribution is 2.36. The lowest BCUT2D eigenvalue weighted by atomic mass is 9.90. The van der Waals surface area contributed by atoms with Gasteiger partial charge < -0.3 is 10.6 Å². The standard InChI is InChI=1S/C18H23N3/c1-13-11-15-7-3-4-9-17(15)21(12-13)18(14(2)19)16-8-5-6-10-20-16/h3-10,13-14,18H,11-12,19H2,1-2H3. The van der Waals surface area contributed by atoms with E-state index >= 15 is 0 Å². The van der Waals surface area contributed by atoms with Gasteiger partial charge in [-0.1, -0.05) is 31.2 Å². The Morgan fingerprint density at radius 1 is 1.19 bits per heavy atom. The average Bonchev–Trinajstić information content (AvgIpc) is 2.48. The maximum atomic E-state index is 6.32. The zero-order chi connectivity index (χ0) is 14.8.